The van der Waals surface area contributed by atoms with Gasteiger partial charge in [-0.2, -0.15) is 4.98 Å². The maximum Gasteiger partial charge on any atom is 0.338 e. The first-order valence-corrected chi connectivity index (χ1v) is 9.44. The number of aromatic nitrogens is 3. The Kier molecular flexibility index (Phi) is 5.66. The van der Waals surface area contributed by atoms with Gasteiger partial charge in [0.1, 0.15) is 10.6 Å². The molecule has 0 aliphatic rings. The molecule has 2 aromatic heterocycles. The van der Waals surface area contributed by atoms with Crippen molar-refractivity contribution in [3.8, 4) is 17.1 Å². The Hall–Kier alpha value is -3.31. The van der Waals surface area contributed by atoms with E-state index < -0.39 is 16.0 Å². The van der Waals surface area contributed by atoms with E-state index in [1.807, 2.05) is 0 Å². The van der Waals surface area contributed by atoms with Crippen molar-refractivity contribution in [1.29, 1.82) is 0 Å². The molecule has 11 heteroatoms. The van der Waals surface area contributed by atoms with Crippen LogP contribution >= 0.6 is 0 Å². The molecule has 1 aromatic carbocycles. The summed E-state index contributed by atoms with van der Waals surface area (Å²) in [6.45, 7) is -0.272. The molecule has 10 nitrogen and oxygen atoms in total. The zero-order chi connectivity index (χ0) is 20.1. The summed E-state index contributed by atoms with van der Waals surface area (Å²) >= 11 is 0. The largest absolute Gasteiger partial charge is 0.495 e. The fourth-order valence-electron chi connectivity index (χ4n) is 2.26. The Bertz CT molecular complexity index is 1080. The molecule has 0 fully saturated rings. The number of methoxy groups -OCH3 is 1. The van der Waals surface area contributed by atoms with E-state index in [0.29, 0.717) is 11.4 Å². The van der Waals surface area contributed by atoms with E-state index >= 15 is 0 Å². The van der Waals surface area contributed by atoms with Gasteiger partial charge in [0.25, 0.3) is 5.89 Å². The molecule has 1 N–H and O–H groups in total. The number of rotatable bonds is 7. The van der Waals surface area contributed by atoms with Gasteiger partial charge in [0.05, 0.1) is 12.7 Å². The summed E-state index contributed by atoms with van der Waals surface area (Å²) in [4.78, 5) is 20.2. The normalized spacial score (nSPS) is 11.2. The number of carbonyl (C=O) groups excluding carboxylic acids is 1. The third kappa shape index (κ3) is 4.15. The number of ether oxygens (including phenoxy) is 2. The predicted molar refractivity (Wildman–Crippen MR) is 95.9 cm³/mol. The van der Waals surface area contributed by atoms with Crippen LogP contribution in [-0.2, 0) is 21.4 Å². The quantitative estimate of drug-likeness (QED) is 0.580. The Balaban J connectivity index is 1.74. The lowest BCUT2D eigenvalue weighted by Crippen LogP contribution is -2.20. The van der Waals surface area contributed by atoms with Crippen LogP contribution in [-0.4, -0.2) is 43.7 Å². The Labute approximate surface area is 160 Å². The molecule has 0 saturated heterocycles. The molecule has 0 unspecified atom stereocenters. The van der Waals surface area contributed by atoms with Crippen molar-refractivity contribution >= 4 is 16.0 Å². The van der Waals surface area contributed by atoms with E-state index in [2.05, 4.69) is 19.8 Å². The Morgan fingerprint density at radius 3 is 2.79 bits per heavy atom. The van der Waals surface area contributed by atoms with Gasteiger partial charge in [0.2, 0.25) is 15.8 Å². The van der Waals surface area contributed by atoms with E-state index in [-0.39, 0.29) is 28.7 Å². The molecule has 3 rings (SSSR count). The lowest BCUT2D eigenvalue weighted by atomic mass is 10.2. The zero-order valence-corrected chi connectivity index (χ0v) is 15.8. The Morgan fingerprint density at radius 2 is 2.11 bits per heavy atom. The minimum atomic E-state index is -3.82. The molecule has 146 valence electrons. The summed E-state index contributed by atoms with van der Waals surface area (Å²) in [6, 6.07) is 7.42. The van der Waals surface area contributed by atoms with Crippen molar-refractivity contribution in [2.75, 3.05) is 14.2 Å². The van der Waals surface area contributed by atoms with E-state index in [0.717, 1.165) is 0 Å². The molecule has 0 aliphatic heterocycles. The number of esters is 1. The van der Waals surface area contributed by atoms with Gasteiger partial charge in [-0.25, -0.2) is 17.9 Å². The number of sulfonamides is 1. The van der Waals surface area contributed by atoms with Gasteiger partial charge in [-0.05, 0) is 37.4 Å². The summed E-state index contributed by atoms with van der Waals surface area (Å²) in [5.41, 5.74) is 0.683. The molecular weight excluding hydrogens is 388 g/mol. The minimum absolute atomic E-state index is 0.0293. The number of benzene rings is 1. The van der Waals surface area contributed by atoms with Gasteiger partial charge in [0, 0.05) is 18.0 Å². The molecule has 0 bridgehead atoms. The second-order valence-electron chi connectivity index (χ2n) is 5.40. The number of hydrogen-bond acceptors (Lipinski definition) is 9. The molecule has 0 spiro atoms. The van der Waals surface area contributed by atoms with Crippen molar-refractivity contribution in [2.45, 2.75) is 11.5 Å². The molecule has 0 aliphatic carbocycles. The summed E-state index contributed by atoms with van der Waals surface area (Å²) < 4.78 is 41.6. The molecule has 0 atom stereocenters. The lowest BCUT2D eigenvalue weighted by molar-refractivity contribution is 0.0429. The first-order valence-electron chi connectivity index (χ1n) is 7.96. The number of nitrogens with one attached hydrogen (secondary N) is 1. The summed E-state index contributed by atoms with van der Waals surface area (Å²) in [7, 11) is -1.23. The van der Waals surface area contributed by atoms with Crippen molar-refractivity contribution in [2.24, 2.45) is 0 Å². The molecule has 0 amide bonds. The molecule has 3 aromatic rings. The highest BCUT2D eigenvalue weighted by Gasteiger charge is 2.21. The number of pyridine rings is 1. The first-order chi connectivity index (χ1) is 13.4. The highest BCUT2D eigenvalue weighted by atomic mass is 32.2. The van der Waals surface area contributed by atoms with E-state index in [4.69, 9.17) is 14.0 Å². The smallest absolute Gasteiger partial charge is 0.338 e. The third-order valence-electron chi connectivity index (χ3n) is 3.67. The molecule has 28 heavy (non-hydrogen) atoms. The molecule has 0 saturated carbocycles. The molecule has 0 radical (unpaired) electrons. The summed E-state index contributed by atoms with van der Waals surface area (Å²) in [5, 5.41) is 3.80. The first kappa shape index (κ1) is 19.5. The van der Waals surface area contributed by atoms with E-state index in [1.54, 1.807) is 24.5 Å². The van der Waals surface area contributed by atoms with Gasteiger partial charge in [-0.1, -0.05) is 5.16 Å². The fraction of sp³-hybridized carbons (Fsp3) is 0.176. The van der Waals surface area contributed by atoms with Crippen molar-refractivity contribution < 1.29 is 27.2 Å². The average Bonchev–Trinajstić information content (AvgIpc) is 3.21. The second kappa shape index (κ2) is 8.15. The summed E-state index contributed by atoms with van der Waals surface area (Å²) in [6.07, 6.45) is 3.19. The number of carbonyl (C=O) groups is 1. The van der Waals surface area contributed by atoms with Crippen LogP contribution in [0.5, 0.6) is 5.75 Å². The topological polar surface area (TPSA) is 134 Å². The highest BCUT2D eigenvalue weighted by molar-refractivity contribution is 7.89. The molecule has 2 heterocycles. The predicted octanol–water partition coefficient (Wildman–Crippen LogP) is 1.41. The van der Waals surface area contributed by atoms with Gasteiger partial charge in [0.15, 0.2) is 6.61 Å². The van der Waals surface area contributed by atoms with Gasteiger partial charge in [-0.3, -0.25) is 4.98 Å². The fourth-order valence-corrected chi connectivity index (χ4v) is 3.18. The average molecular weight is 404 g/mol. The van der Waals surface area contributed by atoms with Crippen molar-refractivity contribution in [3.63, 3.8) is 0 Å². The van der Waals surface area contributed by atoms with Crippen LogP contribution < -0.4 is 9.46 Å². The Morgan fingerprint density at radius 1 is 1.29 bits per heavy atom. The third-order valence-corrected chi connectivity index (χ3v) is 5.11. The summed E-state index contributed by atoms with van der Waals surface area (Å²) in [5.74, 6) is -0.255. The van der Waals surface area contributed by atoms with Crippen LogP contribution in [0.25, 0.3) is 11.4 Å². The number of nitrogens with zero attached hydrogens (tertiary/aromatic N) is 3. The van der Waals surface area contributed by atoms with Crippen LogP contribution in [0.3, 0.4) is 0 Å². The van der Waals surface area contributed by atoms with E-state index in [1.165, 1.54) is 32.4 Å². The van der Waals surface area contributed by atoms with Crippen LogP contribution in [0.15, 0.2) is 52.1 Å². The van der Waals surface area contributed by atoms with Crippen molar-refractivity contribution in [3.05, 3.63) is 54.2 Å². The highest BCUT2D eigenvalue weighted by Crippen LogP contribution is 2.25. The van der Waals surface area contributed by atoms with E-state index in [9.17, 15) is 13.2 Å². The standard InChI is InChI=1S/C17H16N4O6S/c1-18-28(23,24)14-8-11(5-6-13(14)25-2)17(22)26-10-15-20-16(21-27-15)12-4-3-7-19-9-12/h3-9,18H,10H2,1-2H3. The monoisotopic (exact) mass is 404 g/mol. The van der Waals surface area contributed by atoms with Crippen LogP contribution in [0, 0.1) is 0 Å². The second-order valence-corrected chi connectivity index (χ2v) is 7.26. The van der Waals surface area contributed by atoms with Crippen molar-refractivity contribution in [1.82, 2.24) is 19.8 Å². The maximum absolute atomic E-state index is 12.3. The SMILES string of the molecule is CNS(=O)(=O)c1cc(C(=O)OCc2nc(-c3cccnc3)no2)ccc1OC. The zero-order valence-electron chi connectivity index (χ0n) is 14.9. The van der Waals surface area contributed by atoms with Gasteiger partial charge >= 0.3 is 5.97 Å². The van der Waals surface area contributed by atoms with Crippen LogP contribution in [0.4, 0.5) is 0 Å². The number of hydrogen-bond donors (Lipinski definition) is 1. The minimum Gasteiger partial charge on any atom is -0.495 e. The molecular formula is C17H16N4O6S. The van der Waals surface area contributed by atoms with Gasteiger partial charge < -0.3 is 14.0 Å². The van der Waals surface area contributed by atoms with Crippen LogP contribution in [0.2, 0.25) is 0 Å². The van der Waals surface area contributed by atoms with Crippen LogP contribution in [0.1, 0.15) is 16.2 Å². The lowest BCUT2D eigenvalue weighted by Gasteiger charge is -2.10. The van der Waals surface area contributed by atoms with Gasteiger partial charge in [-0.15, -0.1) is 0 Å². The maximum atomic E-state index is 12.3.